The summed E-state index contributed by atoms with van der Waals surface area (Å²) in [7, 11) is 0. The van der Waals surface area contributed by atoms with Crippen LogP contribution in [0.25, 0.3) is 11.3 Å². The molecule has 1 fully saturated rings. The Bertz CT molecular complexity index is 1010. The molecule has 2 aliphatic rings. The molecule has 28 heavy (non-hydrogen) atoms. The van der Waals surface area contributed by atoms with E-state index in [9.17, 15) is 14.4 Å². The van der Waals surface area contributed by atoms with Gasteiger partial charge in [-0.3, -0.25) is 24.4 Å². The van der Waals surface area contributed by atoms with Gasteiger partial charge in [0.15, 0.2) is 0 Å². The van der Waals surface area contributed by atoms with Crippen LogP contribution in [0.2, 0.25) is 0 Å². The number of likely N-dealkylation sites (tertiary alicyclic amines) is 1. The molecule has 7 nitrogen and oxygen atoms in total. The SMILES string of the molecule is CCCN1C(=O)C(c2c(C)[nH]n(-c3ccccc3)c2=O)=C(N2CCCC2)C1=O. The first-order valence-corrected chi connectivity index (χ1v) is 9.77. The minimum Gasteiger partial charge on any atom is -0.366 e. The number of hydrogen-bond donors (Lipinski definition) is 1. The molecule has 1 aromatic heterocycles. The van der Waals surface area contributed by atoms with Crippen molar-refractivity contribution in [1.29, 1.82) is 0 Å². The molecule has 1 aromatic carbocycles. The first-order valence-electron chi connectivity index (χ1n) is 9.77. The van der Waals surface area contributed by atoms with Gasteiger partial charge in [0.25, 0.3) is 17.4 Å². The third-order valence-electron chi connectivity index (χ3n) is 5.35. The number of nitrogens with one attached hydrogen (secondary N) is 1. The molecule has 3 heterocycles. The van der Waals surface area contributed by atoms with Gasteiger partial charge in [-0.2, -0.15) is 0 Å². The van der Waals surface area contributed by atoms with Crippen molar-refractivity contribution in [2.75, 3.05) is 19.6 Å². The molecule has 0 radical (unpaired) electrons. The van der Waals surface area contributed by atoms with Gasteiger partial charge in [0.2, 0.25) is 0 Å². The second-order valence-electron chi connectivity index (χ2n) is 7.27. The Kier molecular flexibility index (Phi) is 4.66. The number of hydrogen-bond acceptors (Lipinski definition) is 4. The molecule has 0 saturated carbocycles. The molecule has 0 aliphatic carbocycles. The molecular weight excluding hydrogens is 356 g/mol. The van der Waals surface area contributed by atoms with Gasteiger partial charge >= 0.3 is 0 Å². The molecular formula is C21H24N4O3. The second-order valence-corrected chi connectivity index (χ2v) is 7.27. The number of carbonyl (C=O) groups is 2. The number of para-hydroxylation sites is 1. The van der Waals surface area contributed by atoms with E-state index in [1.165, 1.54) is 9.58 Å². The van der Waals surface area contributed by atoms with Gasteiger partial charge in [0.1, 0.15) is 5.70 Å². The minimum atomic E-state index is -0.367. The normalized spacial score (nSPS) is 17.4. The highest BCUT2D eigenvalue weighted by Gasteiger charge is 2.43. The Hall–Kier alpha value is -3.09. The number of aromatic amines is 1. The molecule has 2 aliphatic heterocycles. The van der Waals surface area contributed by atoms with E-state index in [1.807, 2.05) is 42.2 Å². The average molecular weight is 380 g/mol. The van der Waals surface area contributed by atoms with Crippen molar-refractivity contribution in [3.05, 3.63) is 57.6 Å². The number of rotatable bonds is 5. The first kappa shape index (κ1) is 18.3. The van der Waals surface area contributed by atoms with E-state index >= 15 is 0 Å². The van der Waals surface area contributed by atoms with Crippen LogP contribution >= 0.6 is 0 Å². The van der Waals surface area contributed by atoms with Crippen molar-refractivity contribution in [3.63, 3.8) is 0 Å². The predicted octanol–water partition coefficient (Wildman–Crippen LogP) is 2.06. The summed E-state index contributed by atoms with van der Waals surface area (Å²) in [6.07, 6.45) is 2.64. The van der Waals surface area contributed by atoms with E-state index in [0.29, 0.717) is 35.6 Å². The maximum atomic E-state index is 13.3. The number of nitrogens with zero attached hydrogens (tertiary/aromatic N) is 3. The summed E-state index contributed by atoms with van der Waals surface area (Å²) in [5.74, 6) is -0.650. The highest BCUT2D eigenvalue weighted by atomic mass is 16.2. The molecule has 0 atom stereocenters. The molecule has 0 unspecified atom stereocenters. The van der Waals surface area contributed by atoms with Crippen molar-refractivity contribution >= 4 is 17.4 Å². The van der Waals surface area contributed by atoms with Crippen molar-refractivity contribution in [3.8, 4) is 5.69 Å². The summed E-state index contributed by atoms with van der Waals surface area (Å²) in [6, 6.07) is 9.21. The Labute approximate surface area is 163 Å². The fraction of sp³-hybridized carbons (Fsp3) is 0.381. The monoisotopic (exact) mass is 380 g/mol. The standard InChI is InChI=1S/C21H24N4O3/c1-3-11-24-19(26)17(18(21(24)28)23-12-7-8-13-23)16-14(2)22-25(20(16)27)15-9-5-4-6-10-15/h4-6,9-10,22H,3,7-8,11-13H2,1-2H3. The van der Waals surface area contributed by atoms with Gasteiger partial charge in [-0.05, 0) is 38.3 Å². The van der Waals surface area contributed by atoms with Crippen molar-refractivity contribution in [2.45, 2.75) is 33.1 Å². The van der Waals surface area contributed by atoms with Gasteiger partial charge in [-0.15, -0.1) is 0 Å². The zero-order valence-corrected chi connectivity index (χ0v) is 16.2. The lowest BCUT2D eigenvalue weighted by molar-refractivity contribution is -0.137. The Balaban J connectivity index is 1.90. The zero-order chi connectivity index (χ0) is 19.8. The number of aromatic nitrogens is 2. The second kappa shape index (κ2) is 7.14. The molecule has 1 saturated heterocycles. The van der Waals surface area contributed by atoms with Gasteiger partial charge in [0.05, 0.1) is 16.8 Å². The fourth-order valence-corrected chi connectivity index (χ4v) is 4.05. The van der Waals surface area contributed by atoms with Gasteiger partial charge < -0.3 is 4.90 Å². The predicted molar refractivity (Wildman–Crippen MR) is 106 cm³/mol. The van der Waals surface area contributed by atoms with E-state index in [-0.39, 0.29) is 22.9 Å². The molecule has 7 heteroatoms. The quantitative estimate of drug-likeness (QED) is 0.806. The topological polar surface area (TPSA) is 78.4 Å². The van der Waals surface area contributed by atoms with E-state index in [0.717, 1.165) is 25.9 Å². The number of amides is 2. The number of benzene rings is 1. The number of H-pyrrole nitrogens is 1. The van der Waals surface area contributed by atoms with Gasteiger partial charge in [0, 0.05) is 25.3 Å². The lowest BCUT2D eigenvalue weighted by Crippen LogP contribution is -2.35. The first-order chi connectivity index (χ1) is 13.5. The third-order valence-corrected chi connectivity index (χ3v) is 5.35. The average Bonchev–Trinajstić information content (AvgIpc) is 3.37. The maximum absolute atomic E-state index is 13.3. The van der Waals surface area contributed by atoms with Crippen LogP contribution in [0.15, 0.2) is 40.8 Å². The zero-order valence-electron chi connectivity index (χ0n) is 16.2. The smallest absolute Gasteiger partial charge is 0.279 e. The molecule has 0 bridgehead atoms. The molecule has 0 spiro atoms. The van der Waals surface area contributed by atoms with Crippen LogP contribution in [0.3, 0.4) is 0 Å². The van der Waals surface area contributed by atoms with Crippen LogP contribution in [-0.4, -0.2) is 51.0 Å². The van der Waals surface area contributed by atoms with E-state index in [4.69, 9.17) is 0 Å². The van der Waals surface area contributed by atoms with Crippen molar-refractivity contribution < 1.29 is 9.59 Å². The van der Waals surface area contributed by atoms with Crippen molar-refractivity contribution in [2.24, 2.45) is 0 Å². The lowest BCUT2D eigenvalue weighted by Gasteiger charge is -2.19. The summed E-state index contributed by atoms with van der Waals surface area (Å²) in [6.45, 7) is 5.51. The highest BCUT2D eigenvalue weighted by molar-refractivity contribution is 6.35. The summed E-state index contributed by atoms with van der Waals surface area (Å²) >= 11 is 0. The largest absolute Gasteiger partial charge is 0.366 e. The minimum absolute atomic E-state index is 0.244. The van der Waals surface area contributed by atoms with Crippen LogP contribution in [-0.2, 0) is 9.59 Å². The summed E-state index contributed by atoms with van der Waals surface area (Å²) < 4.78 is 1.43. The summed E-state index contributed by atoms with van der Waals surface area (Å²) in [5, 5.41) is 3.07. The molecule has 1 N–H and O–H groups in total. The van der Waals surface area contributed by atoms with Crippen LogP contribution in [0.1, 0.15) is 37.4 Å². The number of carbonyl (C=O) groups excluding carboxylic acids is 2. The summed E-state index contributed by atoms with van der Waals surface area (Å²) in [5.41, 5.74) is 1.88. The summed E-state index contributed by atoms with van der Waals surface area (Å²) in [4.78, 5) is 42.7. The van der Waals surface area contributed by atoms with Crippen LogP contribution in [0.4, 0.5) is 0 Å². The highest BCUT2D eigenvalue weighted by Crippen LogP contribution is 2.33. The van der Waals surface area contributed by atoms with Crippen LogP contribution in [0, 0.1) is 6.92 Å². The van der Waals surface area contributed by atoms with E-state index in [2.05, 4.69) is 5.10 Å². The lowest BCUT2D eigenvalue weighted by atomic mass is 10.1. The van der Waals surface area contributed by atoms with E-state index < -0.39 is 0 Å². The number of imide groups is 1. The molecule has 146 valence electrons. The van der Waals surface area contributed by atoms with Crippen molar-refractivity contribution in [1.82, 2.24) is 19.6 Å². The van der Waals surface area contributed by atoms with Gasteiger partial charge in [-0.25, -0.2) is 4.68 Å². The Morgan fingerprint density at radius 3 is 2.32 bits per heavy atom. The third kappa shape index (κ3) is 2.78. The van der Waals surface area contributed by atoms with Gasteiger partial charge in [-0.1, -0.05) is 25.1 Å². The fourth-order valence-electron chi connectivity index (χ4n) is 4.05. The number of aryl methyl sites for hydroxylation is 1. The molecule has 2 amide bonds. The Morgan fingerprint density at radius 2 is 1.68 bits per heavy atom. The molecule has 2 aromatic rings. The maximum Gasteiger partial charge on any atom is 0.279 e. The van der Waals surface area contributed by atoms with Crippen LogP contribution in [0.5, 0.6) is 0 Å². The Morgan fingerprint density at radius 1 is 1.00 bits per heavy atom. The van der Waals surface area contributed by atoms with Crippen LogP contribution < -0.4 is 5.56 Å². The van der Waals surface area contributed by atoms with E-state index in [1.54, 1.807) is 6.92 Å². The molecule has 4 rings (SSSR count).